The van der Waals surface area contributed by atoms with E-state index in [9.17, 15) is 4.79 Å². The Morgan fingerprint density at radius 3 is 2.50 bits per heavy atom. The second-order valence-electron chi connectivity index (χ2n) is 5.28. The lowest BCUT2D eigenvalue weighted by Crippen LogP contribution is -2.38. The fourth-order valence-corrected chi connectivity index (χ4v) is 2.74. The average molecular weight is 250 g/mol. The van der Waals surface area contributed by atoms with Gasteiger partial charge >= 0.3 is 0 Å². The lowest BCUT2D eigenvalue weighted by atomic mass is 10.1. The Balaban J connectivity index is 2.28. The van der Waals surface area contributed by atoms with Crippen molar-refractivity contribution in [2.75, 3.05) is 6.54 Å². The fourth-order valence-electron chi connectivity index (χ4n) is 2.74. The minimum Gasteiger partial charge on any atom is -0.326 e. The van der Waals surface area contributed by atoms with Crippen molar-refractivity contribution in [3.63, 3.8) is 0 Å². The van der Waals surface area contributed by atoms with Gasteiger partial charge in [0.15, 0.2) is 0 Å². The first-order valence-electron chi connectivity index (χ1n) is 7.46. The molecule has 1 amide bonds. The Bertz CT molecular complexity index is 277. The summed E-state index contributed by atoms with van der Waals surface area (Å²) in [6.45, 7) is 2.47. The Kier molecular flexibility index (Phi) is 7.48. The lowest BCUT2D eigenvalue weighted by Gasteiger charge is -2.26. The van der Waals surface area contributed by atoms with Crippen LogP contribution in [0.1, 0.15) is 71.1 Å². The van der Waals surface area contributed by atoms with E-state index in [4.69, 9.17) is 5.26 Å². The van der Waals surface area contributed by atoms with Crippen LogP contribution in [-0.2, 0) is 4.79 Å². The fraction of sp³-hybridized carbons (Fsp3) is 0.867. The second kappa shape index (κ2) is 8.97. The van der Waals surface area contributed by atoms with Gasteiger partial charge in [0.1, 0.15) is 6.54 Å². The van der Waals surface area contributed by atoms with E-state index in [2.05, 4.69) is 13.0 Å². The lowest BCUT2D eigenvalue weighted by molar-refractivity contribution is -0.132. The third-order valence-corrected chi connectivity index (χ3v) is 3.82. The average Bonchev–Trinajstić information content (AvgIpc) is 2.89. The molecule has 0 bridgehead atoms. The van der Waals surface area contributed by atoms with E-state index >= 15 is 0 Å². The van der Waals surface area contributed by atoms with Crippen molar-refractivity contribution in [1.29, 1.82) is 5.26 Å². The number of nitrogens with zero attached hydrogens (tertiary/aromatic N) is 2. The van der Waals surface area contributed by atoms with Crippen molar-refractivity contribution in [2.45, 2.75) is 77.2 Å². The predicted octanol–water partition coefficient (Wildman–Crippen LogP) is 3.64. The van der Waals surface area contributed by atoms with Crippen LogP contribution in [0.3, 0.4) is 0 Å². The molecule has 0 unspecified atom stereocenters. The molecule has 0 heterocycles. The third kappa shape index (κ3) is 5.08. The molecule has 3 heteroatoms. The van der Waals surface area contributed by atoms with Crippen LogP contribution in [0.15, 0.2) is 0 Å². The van der Waals surface area contributed by atoms with Crippen LogP contribution in [0.5, 0.6) is 0 Å². The van der Waals surface area contributed by atoms with E-state index < -0.39 is 0 Å². The minimum atomic E-state index is 0.194. The third-order valence-electron chi connectivity index (χ3n) is 3.82. The van der Waals surface area contributed by atoms with E-state index in [1.807, 2.05) is 4.90 Å². The van der Waals surface area contributed by atoms with E-state index in [0.29, 0.717) is 12.5 Å². The number of amides is 1. The van der Waals surface area contributed by atoms with Crippen molar-refractivity contribution in [3.05, 3.63) is 0 Å². The zero-order valence-electron chi connectivity index (χ0n) is 11.7. The van der Waals surface area contributed by atoms with Crippen LogP contribution < -0.4 is 0 Å². The SMILES string of the molecule is CCCCCCCC(=O)N(CC#N)C1CCCC1. The summed E-state index contributed by atoms with van der Waals surface area (Å²) in [5, 5.41) is 8.84. The first-order valence-corrected chi connectivity index (χ1v) is 7.46. The molecule has 3 nitrogen and oxygen atoms in total. The van der Waals surface area contributed by atoms with Crippen LogP contribution in [-0.4, -0.2) is 23.4 Å². The Hall–Kier alpha value is -1.04. The summed E-state index contributed by atoms with van der Waals surface area (Å²) in [6.07, 6.45) is 11.1. The standard InChI is InChI=1S/C15H26N2O/c1-2-3-4-5-6-11-15(18)17(13-12-16)14-9-7-8-10-14/h14H,2-11,13H2,1H3. The topological polar surface area (TPSA) is 44.1 Å². The van der Waals surface area contributed by atoms with Crippen molar-refractivity contribution in [2.24, 2.45) is 0 Å². The van der Waals surface area contributed by atoms with Crippen molar-refractivity contribution >= 4 is 5.91 Å². The maximum atomic E-state index is 12.1. The van der Waals surface area contributed by atoms with Gasteiger partial charge in [0.25, 0.3) is 0 Å². The molecular formula is C15H26N2O. The largest absolute Gasteiger partial charge is 0.326 e. The van der Waals surface area contributed by atoms with E-state index in [-0.39, 0.29) is 12.5 Å². The summed E-state index contributed by atoms with van der Waals surface area (Å²) in [5.74, 6) is 0.194. The number of rotatable bonds is 8. The summed E-state index contributed by atoms with van der Waals surface area (Å²) in [6, 6.07) is 2.48. The monoisotopic (exact) mass is 250 g/mol. The molecule has 18 heavy (non-hydrogen) atoms. The number of unbranched alkanes of at least 4 members (excludes halogenated alkanes) is 4. The van der Waals surface area contributed by atoms with Gasteiger partial charge in [0, 0.05) is 12.5 Å². The van der Waals surface area contributed by atoms with Crippen molar-refractivity contribution in [3.8, 4) is 6.07 Å². The highest BCUT2D eigenvalue weighted by molar-refractivity contribution is 5.76. The van der Waals surface area contributed by atoms with E-state index in [1.54, 1.807) is 0 Å². The molecule has 1 fully saturated rings. The Morgan fingerprint density at radius 2 is 1.89 bits per heavy atom. The van der Waals surface area contributed by atoms with Gasteiger partial charge in [0.2, 0.25) is 5.91 Å². The number of carbonyl (C=O) groups excluding carboxylic acids is 1. The van der Waals surface area contributed by atoms with Crippen LogP contribution in [0.25, 0.3) is 0 Å². The first kappa shape index (κ1) is 15.0. The highest BCUT2D eigenvalue weighted by atomic mass is 16.2. The summed E-state index contributed by atoms with van der Waals surface area (Å²) >= 11 is 0. The number of hydrogen-bond acceptors (Lipinski definition) is 2. The van der Waals surface area contributed by atoms with E-state index in [1.165, 1.54) is 32.1 Å². The predicted molar refractivity (Wildman–Crippen MR) is 73.0 cm³/mol. The molecule has 0 atom stereocenters. The highest BCUT2D eigenvalue weighted by Crippen LogP contribution is 2.24. The number of carbonyl (C=O) groups is 1. The first-order chi connectivity index (χ1) is 8.79. The summed E-state index contributed by atoms with van der Waals surface area (Å²) < 4.78 is 0. The number of hydrogen-bond donors (Lipinski definition) is 0. The van der Waals surface area contributed by atoms with Gasteiger partial charge in [0.05, 0.1) is 6.07 Å². The van der Waals surface area contributed by atoms with Crippen LogP contribution >= 0.6 is 0 Å². The Labute approximate surface area is 111 Å². The van der Waals surface area contributed by atoms with Gasteiger partial charge in [-0.05, 0) is 19.3 Å². The van der Waals surface area contributed by atoms with E-state index in [0.717, 1.165) is 25.7 Å². The van der Waals surface area contributed by atoms with Gasteiger partial charge in [-0.2, -0.15) is 5.26 Å². The molecule has 0 aliphatic heterocycles. The molecule has 0 saturated heterocycles. The molecule has 0 aromatic rings. The molecule has 1 saturated carbocycles. The quantitative estimate of drug-likeness (QED) is 0.487. The van der Waals surface area contributed by atoms with Gasteiger partial charge < -0.3 is 4.90 Å². The summed E-state index contributed by atoms with van der Waals surface area (Å²) in [4.78, 5) is 14.0. The Morgan fingerprint density at radius 1 is 1.22 bits per heavy atom. The molecule has 0 radical (unpaired) electrons. The van der Waals surface area contributed by atoms with Crippen molar-refractivity contribution < 1.29 is 4.79 Å². The van der Waals surface area contributed by atoms with Gasteiger partial charge in [-0.3, -0.25) is 4.79 Å². The smallest absolute Gasteiger partial charge is 0.223 e. The molecule has 0 spiro atoms. The zero-order valence-corrected chi connectivity index (χ0v) is 11.7. The molecular weight excluding hydrogens is 224 g/mol. The highest BCUT2D eigenvalue weighted by Gasteiger charge is 2.25. The second-order valence-corrected chi connectivity index (χ2v) is 5.28. The van der Waals surface area contributed by atoms with Gasteiger partial charge in [-0.15, -0.1) is 0 Å². The van der Waals surface area contributed by atoms with Crippen molar-refractivity contribution in [1.82, 2.24) is 4.90 Å². The maximum Gasteiger partial charge on any atom is 0.223 e. The summed E-state index contributed by atoms with van der Waals surface area (Å²) in [7, 11) is 0. The normalized spacial score (nSPS) is 15.6. The van der Waals surface area contributed by atoms with Crippen LogP contribution in [0.4, 0.5) is 0 Å². The molecule has 1 aliphatic rings. The molecule has 0 N–H and O–H groups in total. The minimum absolute atomic E-state index is 0.194. The molecule has 0 aromatic heterocycles. The van der Waals surface area contributed by atoms with Gasteiger partial charge in [-0.1, -0.05) is 45.4 Å². The zero-order chi connectivity index (χ0) is 13.2. The molecule has 102 valence electrons. The summed E-state index contributed by atoms with van der Waals surface area (Å²) in [5.41, 5.74) is 0. The number of nitriles is 1. The molecule has 1 aliphatic carbocycles. The molecule has 1 rings (SSSR count). The van der Waals surface area contributed by atoms with Gasteiger partial charge in [-0.25, -0.2) is 0 Å². The van der Waals surface area contributed by atoms with Crippen LogP contribution in [0, 0.1) is 11.3 Å². The maximum absolute atomic E-state index is 12.1. The van der Waals surface area contributed by atoms with Crippen LogP contribution in [0.2, 0.25) is 0 Å². The molecule has 0 aromatic carbocycles.